The van der Waals surface area contributed by atoms with Gasteiger partial charge in [0.05, 0.1) is 25.5 Å². The van der Waals surface area contributed by atoms with Crippen molar-refractivity contribution in [3.8, 4) is 11.4 Å². The lowest BCUT2D eigenvalue weighted by molar-refractivity contribution is 0.122. The summed E-state index contributed by atoms with van der Waals surface area (Å²) in [5.41, 5.74) is 2.51. The molecule has 1 aliphatic carbocycles. The second kappa shape index (κ2) is 9.06. The zero-order valence-electron chi connectivity index (χ0n) is 18.4. The van der Waals surface area contributed by atoms with E-state index in [1.54, 1.807) is 12.3 Å². The average Bonchev–Trinajstić information content (AvgIpc) is 3.44. The third-order valence-corrected chi connectivity index (χ3v) is 5.74. The molecule has 174 valence electrons. The highest BCUT2D eigenvalue weighted by atomic mass is 16.5. The third-order valence-electron chi connectivity index (χ3n) is 5.74. The standard InChI is InChI=1S/C22H24N10O2/c1-2-14(1)17-10-20(30-29-17)26-19-11-21(32-5-7-33-8-6-32)28-22(27-19)24-12-15-9-18(31-34-15)16-3-4-23-13-25-16/h3-4,9-11,13-14H,1-2,5-8,12H2,(H3,24,26,27,28,29,30). The number of hydrogen-bond donors (Lipinski definition) is 3. The first-order chi connectivity index (χ1) is 16.8. The number of aromatic amines is 1. The first-order valence-corrected chi connectivity index (χ1v) is 11.3. The van der Waals surface area contributed by atoms with Gasteiger partial charge in [-0.15, -0.1) is 0 Å². The predicted octanol–water partition coefficient (Wildman–Crippen LogP) is 2.71. The van der Waals surface area contributed by atoms with E-state index in [0.29, 0.717) is 54.6 Å². The fourth-order valence-electron chi connectivity index (χ4n) is 3.79. The maximum atomic E-state index is 5.49. The molecule has 2 fully saturated rings. The van der Waals surface area contributed by atoms with E-state index in [1.165, 1.54) is 19.2 Å². The minimum atomic E-state index is 0.373. The summed E-state index contributed by atoms with van der Waals surface area (Å²) < 4.78 is 11.0. The first kappa shape index (κ1) is 20.5. The molecule has 6 rings (SSSR count). The van der Waals surface area contributed by atoms with Crippen molar-refractivity contribution in [1.29, 1.82) is 0 Å². The van der Waals surface area contributed by atoms with Crippen molar-refractivity contribution in [3.63, 3.8) is 0 Å². The maximum Gasteiger partial charge on any atom is 0.227 e. The minimum Gasteiger partial charge on any atom is -0.378 e. The first-order valence-electron chi connectivity index (χ1n) is 11.3. The van der Waals surface area contributed by atoms with Crippen LogP contribution < -0.4 is 15.5 Å². The van der Waals surface area contributed by atoms with Crippen molar-refractivity contribution in [2.24, 2.45) is 0 Å². The number of hydrogen-bond acceptors (Lipinski definition) is 11. The fourth-order valence-corrected chi connectivity index (χ4v) is 3.79. The highest BCUT2D eigenvalue weighted by Gasteiger charge is 2.25. The number of morpholine rings is 1. The number of nitrogens with zero attached hydrogens (tertiary/aromatic N) is 7. The number of nitrogens with one attached hydrogen (secondary N) is 3. The van der Waals surface area contributed by atoms with Crippen LogP contribution in [-0.2, 0) is 11.3 Å². The summed E-state index contributed by atoms with van der Waals surface area (Å²) in [7, 11) is 0. The largest absolute Gasteiger partial charge is 0.378 e. The highest BCUT2D eigenvalue weighted by Crippen LogP contribution is 2.39. The molecule has 0 radical (unpaired) electrons. The van der Waals surface area contributed by atoms with Gasteiger partial charge in [0.2, 0.25) is 5.95 Å². The topological polar surface area (TPSA) is 143 Å². The van der Waals surface area contributed by atoms with E-state index in [2.05, 4.69) is 45.8 Å². The number of ether oxygens (including phenoxy) is 1. The Morgan fingerprint density at radius 1 is 1.06 bits per heavy atom. The molecule has 0 unspecified atom stereocenters. The Morgan fingerprint density at radius 3 is 2.79 bits per heavy atom. The number of aromatic nitrogens is 7. The Kier molecular flexibility index (Phi) is 5.47. The Labute approximate surface area is 195 Å². The van der Waals surface area contributed by atoms with Gasteiger partial charge in [-0.05, 0) is 18.9 Å². The summed E-state index contributed by atoms with van der Waals surface area (Å²) in [5, 5.41) is 18.2. The van der Waals surface area contributed by atoms with E-state index in [1.807, 2.05) is 18.2 Å². The lowest BCUT2D eigenvalue weighted by atomic mass is 10.3. The van der Waals surface area contributed by atoms with Gasteiger partial charge in [-0.25, -0.2) is 9.97 Å². The van der Waals surface area contributed by atoms with Crippen LogP contribution in [0.2, 0.25) is 0 Å². The van der Waals surface area contributed by atoms with Crippen molar-refractivity contribution in [2.45, 2.75) is 25.3 Å². The SMILES string of the molecule is c1cc(-c2cc(CNc3nc(Nc4cc(C5CC5)[nH]n4)cc(N4CCOCC4)n3)on2)ncn1. The van der Waals surface area contributed by atoms with Crippen molar-refractivity contribution >= 4 is 23.4 Å². The van der Waals surface area contributed by atoms with Gasteiger partial charge in [0, 0.05) is 49.1 Å². The van der Waals surface area contributed by atoms with Crippen molar-refractivity contribution in [2.75, 3.05) is 41.8 Å². The molecule has 0 amide bonds. The van der Waals surface area contributed by atoms with E-state index in [0.717, 1.165) is 30.4 Å². The van der Waals surface area contributed by atoms with Crippen LogP contribution in [0.15, 0.2) is 41.3 Å². The van der Waals surface area contributed by atoms with Gasteiger partial charge < -0.3 is 24.8 Å². The fraction of sp³-hybridized carbons (Fsp3) is 0.364. The van der Waals surface area contributed by atoms with Crippen molar-refractivity contribution in [3.05, 3.63) is 48.2 Å². The van der Waals surface area contributed by atoms with E-state index < -0.39 is 0 Å². The van der Waals surface area contributed by atoms with Crippen LogP contribution >= 0.6 is 0 Å². The zero-order chi connectivity index (χ0) is 22.7. The maximum absolute atomic E-state index is 5.49. The molecule has 5 heterocycles. The van der Waals surface area contributed by atoms with Gasteiger partial charge in [-0.3, -0.25) is 5.10 Å². The van der Waals surface area contributed by atoms with E-state index in [4.69, 9.17) is 14.2 Å². The van der Waals surface area contributed by atoms with Gasteiger partial charge in [-0.1, -0.05) is 5.16 Å². The summed E-state index contributed by atoms with van der Waals surface area (Å²) in [4.78, 5) is 19.7. The molecule has 34 heavy (non-hydrogen) atoms. The molecule has 4 aromatic heterocycles. The van der Waals surface area contributed by atoms with Crippen LogP contribution in [-0.4, -0.2) is 61.6 Å². The Morgan fingerprint density at radius 2 is 1.97 bits per heavy atom. The van der Waals surface area contributed by atoms with Crippen molar-refractivity contribution in [1.82, 2.24) is 35.3 Å². The molecular weight excluding hydrogens is 436 g/mol. The smallest absolute Gasteiger partial charge is 0.227 e. The molecule has 0 spiro atoms. The quantitative estimate of drug-likeness (QED) is 0.357. The van der Waals surface area contributed by atoms with Crippen LogP contribution in [0.5, 0.6) is 0 Å². The molecule has 4 aromatic rings. The highest BCUT2D eigenvalue weighted by molar-refractivity contribution is 5.60. The third kappa shape index (κ3) is 4.66. The molecule has 0 atom stereocenters. The molecule has 3 N–H and O–H groups in total. The molecule has 12 nitrogen and oxygen atoms in total. The molecule has 1 saturated carbocycles. The molecule has 0 aromatic carbocycles. The number of rotatable bonds is 8. The van der Waals surface area contributed by atoms with Crippen molar-refractivity contribution < 1.29 is 9.26 Å². The normalized spacial score (nSPS) is 15.9. The molecule has 12 heteroatoms. The zero-order valence-corrected chi connectivity index (χ0v) is 18.4. The van der Waals surface area contributed by atoms with Crippen LogP contribution in [0, 0.1) is 0 Å². The minimum absolute atomic E-state index is 0.373. The Balaban J connectivity index is 1.20. The summed E-state index contributed by atoms with van der Waals surface area (Å²) >= 11 is 0. The van der Waals surface area contributed by atoms with Crippen LogP contribution in [0.3, 0.4) is 0 Å². The second-order valence-corrected chi connectivity index (χ2v) is 8.27. The molecular formula is C22H24N10O2. The van der Waals surface area contributed by atoms with Gasteiger partial charge >= 0.3 is 0 Å². The molecule has 1 saturated heterocycles. The molecule has 0 bridgehead atoms. The Hall–Kier alpha value is -4.06. The summed E-state index contributed by atoms with van der Waals surface area (Å²) in [6.07, 6.45) is 5.58. The monoisotopic (exact) mass is 460 g/mol. The van der Waals surface area contributed by atoms with Gasteiger partial charge in [-0.2, -0.15) is 15.1 Å². The lowest BCUT2D eigenvalue weighted by Crippen LogP contribution is -2.37. The lowest BCUT2D eigenvalue weighted by Gasteiger charge is -2.28. The number of anilines is 4. The second-order valence-electron chi connectivity index (χ2n) is 8.27. The summed E-state index contributed by atoms with van der Waals surface area (Å²) in [5.74, 6) is 3.94. The van der Waals surface area contributed by atoms with Crippen LogP contribution in [0.25, 0.3) is 11.4 Å². The van der Waals surface area contributed by atoms with E-state index in [9.17, 15) is 0 Å². The molecule has 1 aliphatic heterocycles. The van der Waals surface area contributed by atoms with Gasteiger partial charge in [0.25, 0.3) is 0 Å². The van der Waals surface area contributed by atoms with E-state index >= 15 is 0 Å². The van der Waals surface area contributed by atoms with Crippen LogP contribution in [0.4, 0.5) is 23.4 Å². The van der Waals surface area contributed by atoms with Gasteiger partial charge in [0.15, 0.2) is 11.6 Å². The number of H-pyrrole nitrogens is 1. The summed E-state index contributed by atoms with van der Waals surface area (Å²) in [6, 6.07) is 7.60. The summed E-state index contributed by atoms with van der Waals surface area (Å²) in [6.45, 7) is 3.26. The average molecular weight is 461 g/mol. The molecule has 2 aliphatic rings. The predicted molar refractivity (Wildman–Crippen MR) is 124 cm³/mol. The van der Waals surface area contributed by atoms with Gasteiger partial charge in [0.1, 0.15) is 23.7 Å². The van der Waals surface area contributed by atoms with E-state index in [-0.39, 0.29) is 0 Å². The Bertz CT molecular complexity index is 1250. The van der Waals surface area contributed by atoms with Crippen LogP contribution in [0.1, 0.15) is 30.2 Å².